The molecular weight excluding hydrogens is 264 g/mol. The highest BCUT2D eigenvalue weighted by Gasteiger charge is 2.21. The number of fused-ring (bicyclic) bond motifs is 1. The van der Waals surface area contributed by atoms with E-state index in [0.717, 1.165) is 18.4 Å². The van der Waals surface area contributed by atoms with Gasteiger partial charge in [0.1, 0.15) is 5.56 Å². The molecular formula is C17H20N2O2. The fourth-order valence-electron chi connectivity index (χ4n) is 3.21. The Kier molecular flexibility index (Phi) is 3.53. The van der Waals surface area contributed by atoms with Crippen LogP contribution in [0.1, 0.15) is 52.4 Å². The van der Waals surface area contributed by atoms with Crippen molar-refractivity contribution in [3.05, 3.63) is 56.5 Å². The van der Waals surface area contributed by atoms with Gasteiger partial charge in [-0.25, -0.2) is 0 Å². The number of carbonyl (C=O) groups is 1. The van der Waals surface area contributed by atoms with Crippen LogP contribution in [0.15, 0.2) is 23.1 Å². The van der Waals surface area contributed by atoms with Crippen molar-refractivity contribution < 1.29 is 4.79 Å². The second-order valence-corrected chi connectivity index (χ2v) is 5.65. The Morgan fingerprint density at radius 3 is 2.71 bits per heavy atom. The Hall–Kier alpha value is -2.10. The largest absolute Gasteiger partial charge is 0.302 e. The quantitative estimate of drug-likeness (QED) is 0.881. The number of aromatic nitrogens is 2. The summed E-state index contributed by atoms with van der Waals surface area (Å²) in [5.74, 6) is -0.172. The summed E-state index contributed by atoms with van der Waals surface area (Å²) in [4.78, 5) is 24.8. The maximum absolute atomic E-state index is 12.7. The van der Waals surface area contributed by atoms with E-state index in [-0.39, 0.29) is 16.9 Å². The van der Waals surface area contributed by atoms with Crippen molar-refractivity contribution in [2.45, 2.75) is 46.1 Å². The zero-order valence-electron chi connectivity index (χ0n) is 12.5. The number of H-pyrrole nitrogens is 1. The predicted octanol–water partition coefficient (Wildman–Crippen LogP) is 2.61. The van der Waals surface area contributed by atoms with Gasteiger partial charge in [-0.3, -0.25) is 14.3 Å². The lowest BCUT2D eigenvalue weighted by Gasteiger charge is -2.19. The molecule has 0 radical (unpaired) electrons. The zero-order valence-corrected chi connectivity index (χ0v) is 12.5. The monoisotopic (exact) mass is 284 g/mol. The minimum Gasteiger partial charge on any atom is -0.302 e. The van der Waals surface area contributed by atoms with Crippen molar-refractivity contribution in [1.29, 1.82) is 0 Å². The van der Waals surface area contributed by atoms with E-state index in [1.165, 1.54) is 34.8 Å². The van der Waals surface area contributed by atoms with Gasteiger partial charge >= 0.3 is 0 Å². The van der Waals surface area contributed by atoms with E-state index < -0.39 is 0 Å². The number of aryl methyl sites for hydroxylation is 2. The molecule has 1 N–H and O–H groups in total. The fraction of sp³-hybridized carbons (Fsp3) is 0.412. The lowest BCUT2D eigenvalue weighted by molar-refractivity contribution is 0.103. The Balaban J connectivity index is 2.06. The minimum absolute atomic E-state index is 0.172. The standard InChI is InChI=1S/C17H20N2O2/c1-3-19-17(21)15(10-18-19)16(20)14-9-8-12-6-4-5-7-13(12)11(14)2/h8-10,18H,3-7H2,1-2H3. The molecule has 0 bridgehead atoms. The zero-order chi connectivity index (χ0) is 15.0. The first-order chi connectivity index (χ1) is 10.1. The smallest absolute Gasteiger partial charge is 0.277 e. The lowest BCUT2D eigenvalue weighted by atomic mass is 9.85. The summed E-state index contributed by atoms with van der Waals surface area (Å²) in [6.45, 7) is 4.41. The molecule has 21 heavy (non-hydrogen) atoms. The number of carbonyl (C=O) groups excluding carboxylic acids is 1. The molecule has 1 aliphatic carbocycles. The molecule has 0 aliphatic heterocycles. The van der Waals surface area contributed by atoms with Gasteiger partial charge in [-0.05, 0) is 56.2 Å². The van der Waals surface area contributed by atoms with Gasteiger partial charge in [0, 0.05) is 18.3 Å². The molecule has 2 aromatic rings. The Morgan fingerprint density at radius 2 is 2.00 bits per heavy atom. The topological polar surface area (TPSA) is 54.9 Å². The molecule has 1 aliphatic rings. The summed E-state index contributed by atoms with van der Waals surface area (Å²) >= 11 is 0. The highest BCUT2D eigenvalue weighted by molar-refractivity contribution is 6.09. The van der Waals surface area contributed by atoms with Crippen molar-refractivity contribution in [2.75, 3.05) is 0 Å². The van der Waals surface area contributed by atoms with E-state index in [4.69, 9.17) is 0 Å². The highest BCUT2D eigenvalue weighted by Crippen LogP contribution is 2.27. The first-order valence-corrected chi connectivity index (χ1v) is 7.57. The van der Waals surface area contributed by atoms with Gasteiger partial charge in [0.2, 0.25) is 0 Å². The highest BCUT2D eigenvalue weighted by atomic mass is 16.2. The molecule has 1 aromatic carbocycles. The van der Waals surface area contributed by atoms with Crippen LogP contribution in [0.2, 0.25) is 0 Å². The van der Waals surface area contributed by atoms with Gasteiger partial charge in [-0.15, -0.1) is 0 Å². The van der Waals surface area contributed by atoms with Gasteiger partial charge < -0.3 is 5.10 Å². The molecule has 4 heteroatoms. The van der Waals surface area contributed by atoms with Crippen LogP contribution in [0, 0.1) is 6.92 Å². The van der Waals surface area contributed by atoms with Crippen molar-refractivity contribution in [3.63, 3.8) is 0 Å². The van der Waals surface area contributed by atoms with Crippen LogP contribution in [0.5, 0.6) is 0 Å². The van der Waals surface area contributed by atoms with Crippen LogP contribution in [-0.2, 0) is 19.4 Å². The lowest BCUT2D eigenvalue weighted by Crippen LogP contribution is -2.22. The first-order valence-electron chi connectivity index (χ1n) is 7.57. The summed E-state index contributed by atoms with van der Waals surface area (Å²) in [5.41, 5.74) is 4.36. The van der Waals surface area contributed by atoms with Gasteiger partial charge in [-0.1, -0.05) is 12.1 Å². The van der Waals surface area contributed by atoms with E-state index in [1.807, 2.05) is 19.9 Å². The van der Waals surface area contributed by atoms with Crippen LogP contribution >= 0.6 is 0 Å². The number of rotatable bonds is 3. The number of ketones is 1. The third-order valence-electron chi connectivity index (χ3n) is 4.46. The second-order valence-electron chi connectivity index (χ2n) is 5.65. The van der Waals surface area contributed by atoms with Gasteiger partial charge in [0.25, 0.3) is 5.56 Å². The van der Waals surface area contributed by atoms with E-state index in [1.54, 1.807) is 0 Å². The van der Waals surface area contributed by atoms with Crippen molar-refractivity contribution in [2.24, 2.45) is 0 Å². The van der Waals surface area contributed by atoms with Crippen molar-refractivity contribution in [3.8, 4) is 0 Å². The predicted molar refractivity (Wildman–Crippen MR) is 82.0 cm³/mol. The third-order valence-corrected chi connectivity index (χ3v) is 4.46. The summed E-state index contributed by atoms with van der Waals surface area (Å²) in [5, 5.41) is 2.84. The average molecular weight is 284 g/mol. The Bertz CT molecular complexity index is 753. The number of nitrogens with zero attached hydrogens (tertiary/aromatic N) is 1. The third kappa shape index (κ3) is 2.24. The fourth-order valence-corrected chi connectivity index (χ4v) is 3.21. The van der Waals surface area contributed by atoms with E-state index >= 15 is 0 Å². The number of benzene rings is 1. The van der Waals surface area contributed by atoms with Crippen LogP contribution in [0.4, 0.5) is 0 Å². The van der Waals surface area contributed by atoms with Gasteiger partial charge in [0.05, 0.1) is 0 Å². The van der Waals surface area contributed by atoms with Crippen LogP contribution in [-0.4, -0.2) is 15.6 Å². The second kappa shape index (κ2) is 5.35. The number of aromatic amines is 1. The number of hydrogen-bond donors (Lipinski definition) is 1. The molecule has 0 unspecified atom stereocenters. The summed E-state index contributed by atoms with van der Waals surface area (Å²) < 4.78 is 1.45. The molecule has 4 nitrogen and oxygen atoms in total. The molecule has 0 saturated heterocycles. The van der Waals surface area contributed by atoms with Crippen LogP contribution < -0.4 is 5.56 Å². The maximum atomic E-state index is 12.7. The average Bonchev–Trinajstić information content (AvgIpc) is 2.88. The number of nitrogens with one attached hydrogen (secondary N) is 1. The summed E-state index contributed by atoms with van der Waals surface area (Å²) in [6, 6.07) is 3.93. The minimum atomic E-state index is -0.236. The molecule has 1 aromatic heterocycles. The van der Waals surface area contributed by atoms with E-state index in [0.29, 0.717) is 12.1 Å². The van der Waals surface area contributed by atoms with Crippen molar-refractivity contribution >= 4 is 5.78 Å². The summed E-state index contributed by atoms with van der Waals surface area (Å²) in [6.07, 6.45) is 6.05. The van der Waals surface area contributed by atoms with Crippen LogP contribution in [0.3, 0.4) is 0 Å². The molecule has 0 saturated carbocycles. The van der Waals surface area contributed by atoms with E-state index in [2.05, 4.69) is 11.2 Å². The number of hydrogen-bond acceptors (Lipinski definition) is 2. The Morgan fingerprint density at radius 1 is 1.24 bits per heavy atom. The van der Waals surface area contributed by atoms with Crippen LogP contribution in [0.25, 0.3) is 0 Å². The normalized spacial score (nSPS) is 14.0. The molecule has 110 valence electrons. The first kappa shape index (κ1) is 13.9. The maximum Gasteiger partial charge on any atom is 0.277 e. The SMILES string of the molecule is CCn1[nH]cc(C(=O)c2ccc3c(c2C)CCCC3)c1=O. The van der Waals surface area contributed by atoms with Gasteiger partial charge in [0.15, 0.2) is 5.78 Å². The molecule has 3 rings (SSSR count). The molecule has 0 amide bonds. The van der Waals surface area contributed by atoms with E-state index in [9.17, 15) is 9.59 Å². The van der Waals surface area contributed by atoms with Crippen molar-refractivity contribution in [1.82, 2.24) is 9.78 Å². The molecule has 0 spiro atoms. The molecule has 1 heterocycles. The molecule has 0 atom stereocenters. The van der Waals surface area contributed by atoms with Gasteiger partial charge in [-0.2, -0.15) is 0 Å². The Labute approximate surface area is 123 Å². The summed E-state index contributed by atoms with van der Waals surface area (Å²) in [7, 11) is 0. The molecule has 0 fully saturated rings.